The van der Waals surface area contributed by atoms with Crippen molar-refractivity contribution in [1.29, 1.82) is 0 Å². The quantitative estimate of drug-likeness (QED) is 0.722. The van der Waals surface area contributed by atoms with Crippen LogP contribution < -0.4 is 5.73 Å². The molecular formula is C9H11F2N. The minimum atomic E-state index is -0.521. The molecule has 0 aliphatic rings. The van der Waals surface area contributed by atoms with Crippen LogP contribution in [-0.4, -0.2) is 6.04 Å². The minimum Gasteiger partial charge on any atom is -0.328 e. The summed E-state index contributed by atoms with van der Waals surface area (Å²) in [6, 6.07) is 3.59. The van der Waals surface area contributed by atoms with Crippen molar-refractivity contribution in [3.05, 3.63) is 35.4 Å². The molecule has 0 bridgehead atoms. The lowest BCUT2D eigenvalue weighted by atomic mass is 10.1. The Kier molecular flexibility index (Phi) is 2.76. The number of hydrogen-bond acceptors (Lipinski definition) is 1. The topological polar surface area (TPSA) is 26.0 Å². The highest BCUT2D eigenvalue weighted by atomic mass is 19.1. The van der Waals surface area contributed by atoms with Crippen molar-refractivity contribution in [3.63, 3.8) is 0 Å². The van der Waals surface area contributed by atoms with E-state index in [0.29, 0.717) is 0 Å². The molecule has 0 aliphatic heterocycles. The maximum Gasteiger partial charge on any atom is 0.129 e. The van der Waals surface area contributed by atoms with Gasteiger partial charge in [0.2, 0.25) is 0 Å². The van der Waals surface area contributed by atoms with Gasteiger partial charge in [-0.2, -0.15) is 0 Å². The predicted molar refractivity (Wildman–Crippen MR) is 43.7 cm³/mol. The first-order valence-corrected chi connectivity index (χ1v) is 3.79. The van der Waals surface area contributed by atoms with E-state index in [1.807, 2.05) is 0 Å². The van der Waals surface area contributed by atoms with E-state index in [0.717, 1.165) is 0 Å². The van der Waals surface area contributed by atoms with E-state index < -0.39 is 11.6 Å². The van der Waals surface area contributed by atoms with Gasteiger partial charge < -0.3 is 5.73 Å². The van der Waals surface area contributed by atoms with Crippen LogP contribution in [0.1, 0.15) is 12.5 Å². The van der Waals surface area contributed by atoms with Crippen LogP contribution >= 0.6 is 0 Å². The van der Waals surface area contributed by atoms with Crippen LogP contribution in [0.3, 0.4) is 0 Å². The lowest BCUT2D eigenvalue weighted by molar-refractivity contribution is 0.542. The largest absolute Gasteiger partial charge is 0.328 e. The Hall–Kier alpha value is -0.960. The van der Waals surface area contributed by atoms with Crippen LogP contribution in [0.25, 0.3) is 0 Å². The minimum absolute atomic E-state index is 0.0764. The van der Waals surface area contributed by atoms with Crippen LogP contribution in [0.5, 0.6) is 0 Å². The zero-order valence-electron chi connectivity index (χ0n) is 6.85. The Bertz CT molecular complexity index is 251. The molecule has 0 aliphatic carbocycles. The van der Waals surface area contributed by atoms with Gasteiger partial charge in [-0.3, -0.25) is 0 Å². The van der Waals surface area contributed by atoms with Gasteiger partial charge in [0.25, 0.3) is 0 Å². The van der Waals surface area contributed by atoms with E-state index in [2.05, 4.69) is 0 Å². The van der Waals surface area contributed by atoms with Crippen LogP contribution in [0.15, 0.2) is 18.2 Å². The van der Waals surface area contributed by atoms with Gasteiger partial charge in [-0.1, -0.05) is 6.07 Å². The summed E-state index contributed by atoms with van der Waals surface area (Å²) in [5.41, 5.74) is 5.51. The van der Waals surface area contributed by atoms with Gasteiger partial charge in [0.1, 0.15) is 11.6 Å². The predicted octanol–water partition coefficient (Wildman–Crippen LogP) is 1.85. The summed E-state index contributed by atoms with van der Waals surface area (Å²) in [4.78, 5) is 0. The molecule has 1 aromatic rings. The molecule has 2 N–H and O–H groups in total. The van der Waals surface area contributed by atoms with Crippen molar-refractivity contribution < 1.29 is 8.78 Å². The van der Waals surface area contributed by atoms with E-state index in [1.54, 1.807) is 6.92 Å². The summed E-state index contributed by atoms with van der Waals surface area (Å²) in [6.45, 7) is 1.71. The van der Waals surface area contributed by atoms with Crippen molar-refractivity contribution in [2.45, 2.75) is 19.4 Å². The van der Waals surface area contributed by atoms with Gasteiger partial charge >= 0.3 is 0 Å². The van der Waals surface area contributed by atoms with E-state index in [4.69, 9.17) is 5.73 Å². The number of hydrogen-bond donors (Lipinski definition) is 1. The SMILES string of the molecule is C[C@@H](N)Cc1c(F)cccc1F. The highest BCUT2D eigenvalue weighted by Gasteiger charge is 2.09. The van der Waals surface area contributed by atoms with Gasteiger partial charge in [0.15, 0.2) is 0 Å². The summed E-state index contributed by atoms with van der Waals surface area (Å²) < 4.78 is 25.8. The molecule has 0 amide bonds. The molecule has 0 fully saturated rings. The highest BCUT2D eigenvalue weighted by molar-refractivity contribution is 5.20. The first-order chi connectivity index (χ1) is 5.61. The maximum atomic E-state index is 12.9. The van der Waals surface area contributed by atoms with Crippen molar-refractivity contribution in [1.82, 2.24) is 0 Å². The van der Waals surface area contributed by atoms with Crippen molar-refractivity contribution >= 4 is 0 Å². The summed E-state index contributed by atoms with van der Waals surface area (Å²) in [5, 5.41) is 0. The van der Waals surface area contributed by atoms with Gasteiger partial charge in [0.05, 0.1) is 0 Å². The number of nitrogens with two attached hydrogens (primary N) is 1. The Balaban J connectivity index is 2.96. The number of halogens is 2. The molecule has 0 spiro atoms. The molecule has 3 heteroatoms. The fraction of sp³-hybridized carbons (Fsp3) is 0.333. The van der Waals surface area contributed by atoms with Crippen molar-refractivity contribution in [3.8, 4) is 0 Å². The molecule has 0 unspecified atom stereocenters. The third kappa shape index (κ3) is 2.01. The van der Waals surface area contributed by atoms with Gasteiger partial charge in [-0.25, -0.2) is 8.78 Å². The monoisotopic (exact) mass is 171 g/mol. The number of rotatable bonds is 2. The molecule has 0 radical (unpaired) electrons. The highest BCUT2D eigenvalue weighted by Crippen LogP contribution is 2.13. The van der Waals surface area contributed by atoms with Crippen LogP contribution in [-0.2, 0) is 6.42 Å². The fourth-order valence-electron chi connectivity index (χ4n) is 1.05. The van der Waals surface area contributed by atoms with E-state index >= 15 is 0 Å². The third-order valence-corrected chi connectivity index (χ3v) is 1.59. The second kappa shape index (κ2) is 3.63. The average Bonchev–Trinajstić information content (AvgIpc) is 1.97. The van der Waals surface area contributed by atoms with E-state index in [1.165, 1.54) is 18.2 Å². The zero-order valence-corrected chi connectivity index (χ0v) is 6.85. The molecule has 1 atom stereocenters. The molecule has 0 aromatic heterocycles. The Morgan fingerprint density at radius 1 is 1.33 bits per heavy atom. The van der Waals surface area contributed by atoms with Crippen LogP contribution in [0.2, 0.25) is 0 Å². The average molecular weight is 171 g/mol. The molecule has 66 valence electrons. The summed E-state index contributed by atoms with van der Waals surface area (Å²) in [6.07, 6.45) is 0.235. The van der Waals surface area contributed by atoms with Crippen molar-refractivity contribution in [2.24, 2.45) is 5.73 Å². The van der Waals surface area contributed by atoms with Gasteiger partial charge in [0, 0.05) is 11.6 Å². The zero-order chi connectivity index (χ0) is 9.14. The summed E-state index contributed by atoms with van der Waals surface area (Å²) >= 11 is 0. The third-order valence-electron chi connectivity index (χ3n) is 1.59. The second-order valence-electron chi connectivity index (χ2n) is 2.88. The first kappa shape index (κ1) is 9.13. The Morgan fingerprint density at radius 3 is 2.25 bits per heavy atom. The Morgan fingerprint density at radius 2 is 1.83 bits per heavy atom. The Labute approximate surface area is 70.2 Å². The number of benzene rings is 1. The first-order valence-electron chi connectivity index (χ1n) is 3.79. The molecular weight excluding hydrogens is 160 g/mol. The summed E-state index contributed by atoms with van der Waals surface area (Å²) in [5.74, 6) is -1.04. The molecule has 1 rings (SSSR count). The van der Waals surface area contributed by atoms with Gasteiger partial charge in [-0.05, 0) is 25.5 Å². The van der Waals surface area contributed by atoms with Crippen molar-refractivity contribution in [2.75, 3.05) is 0 Å². The fourth-order valence-corrected chi connectivity index (χ4v) is 1.05. The maximum absolute atomic E-state index is 12.9. The standard InChI is InChI=1S/C9H11F2N/c1-6(12)5-7-8(10)3-2-4-9(7)11/h2-4,6H,5,12H2,1H3/t6-/m1/s1. The van der Waals surface area contributed by atoms with E-state index in [-0.39, 0.29) is 18.0 Å². The van der Waals surface area contributed by atoms with E-state index in [9.17, 15) is 8.78 Å². The van der Waals surface area contributed by atoms with Crippen LogP contribution in [0.4, 0.5) is 8.78 Å². The lowest BCUT2D eigenvalue weighted by Gasteiger charge is -2.06. The molecule has 1 nitrogen and oxygen atoms in total. The summed E-state index contributed by atoms with van der Waals surface area (Å²) in [7, 11) is 0. The molecule has 0 saturated carbocycles. The van der Waals surface area contributed by atoms with Crippen LogP contribution in [0, 0.1) is 11.6 Å². The molecule has 0 saturated heterocycles. The second-order valence-corrected chi connectivity index (χ2v) is 2.88. The molecule has 12 heavy (non-hydrogen) atoms. The molecule has 1 aromatic carbocycles. The normalized spacial score (nSPS) is 13.0. The van der Waals surface area contributed by atoms with Gasteiger partial charge in [-0.15, -0.1) is 0 Å². The molecule has 0 heterocycles. The smallest absolute Gasteiger partial charge is 0.129 e. The lowest BCUT2D eigenvalue weighted by Crippen LogP contribution is -2.19.